The van der Waals surface area contributed by atoms with Gasteiger partial charge in [-0.15, -0.1) is 0 Å². The maximum atomic E-state index is 4.74. The zero-order valence-corrected chi connectivity index (χ0v) is 15.0. The highest BCUT2D eigenvalue weighted by molar-refractivity contribution is 9.10. The van der Waals surface area contributed by atoms with E-state index in [1.807, 2.05) is 37.0 Å². The van der Waals surface area contributed by atoms with Crippen molar-refractivity contribution in [1.82, 2.24) is 9.97 Å². The Kier molecular flexibility index (Phi) is 6.06. The van der Waals surface area contributed by atoms with Crippen LogP contribution in [0.2, 0.25) is 0 Å². The van der Waals surface area contributed by atoms with Crippen molar-refractivity contribution in [3.05, 3.63) is 40.6 Å². The Morgan fingerprint density at radius 3 is 2.57 bits per heavy atom. The minimum atomic E-state index is 0.621. The predicted octanol–water partition coefficient (Wildman–Crippen LogP) is 4.98. The van der Waals surface area contributed by atoms with Crippen LogP contribution in [-0.2, 0) is 5.75 Å². The third-order valence-corrected chi connectivity index (χ3v) is 5.33. The van der Waals surface area contributed by atoms with Crippen molar-refractivity contribution in [2.75, 3.05) is 12.4 Å². The summed E-state index contributed by atoms with van der Waals surface area (Å²) in [6.45, 7) is 4.44. The van der Waals surface area contributed by atoms with Crippen molar-refractivity contribution in [2.45, 2.75) is 31.3 Å². The Labute approximate surface area is 139 Å². The van der Waals surface area contributed by atoms with Crippen molar-refractivity contribution in [1.29, 1.82) is 0 Å². The third-order valence-electron chi connectivity index (χ3n) is 3.25. The largest absolute Gasteiger partial charge is 0.372 e. The predicted molar refractivity (Wildman–Crippen MR) is 95.8 cm³/mol. The molecule has 0 bridgehead atoms. The van der Waals surface area contributed by atoms with Crippen LogP contribution in [0.3, 0.4) is 0 Å². The molecule has 0 saturated heterocycles. The lowest BCUT2D eigenvalue weighted by Gasteiger charge is -2.12. The summed E-state index contributed by atoms with van der Waals surface area (Å²) in [5, 5.41) is 3.76. The van der Waals surface area contributed by atoms with Crippen LogP contribution in [0, 0.1) is 0 Å². The number of hydrogen-bond donors (Lipinski definition) is 1. The molecule has 1 atom stereocenters. The Morgan fingerprint density at radius 2 is 1.95 bits per heavy atom. The summed E-state index contributed by atoms with van der Waals surface area (Å²) in [6, 6.07) is 10.2. The summed E-state index contributed by atoms with van der Waals surface area (Å²) in [6.07, 6.45) is 1.16. The number of rotatable bonds is 6. The van der Waals surface area contributed by atoms with E-state index in [4.69, 9.17) is 4.98 Å². The number of hydrogen-bond acceptors (Lipinski definition) is 4. The van der Waals surface area contributed by atoms with Gasteiger partial charge in [-0.05, 0) is 22.4 Å². The molecule has 0 fully saturated rings. The Morgan fingerprint density at radius 1 is 1.24 bits per heavy atom. The molecule has 2 rings (SSSR count). The molecular formula is C16H20BrN3S. The lowest BCUT2D eigenvalue weighted by molar-refractivity contribution is 0.901. The first-order valence-corrected chi connectivity index (χ1v) is 8.91. The van der Waals surface area contributed by atoms with Crippen LogP contribution >= 0.6 is 27.7 Å². The van der Waals surface area contributed by atoms with Crippen molar-refractivity contribution in [2.24, 2.45) is 0 Å². The standard InChI is InChI=1S/C16H20BrN3S/c1-4-11(2)21-10-13-19-15(12-8-6-5-7-9-12)14(17)16(18-3)20-13/h5-9,11H,4,10H2,1-3H3,(H,18,19,20). The number of benzene rings is 1. The van der Waals surface area contributed by atoms with Gasteiger partial charge in [-0.1, -0.05) is 44.2 Å². The summed E-state index contributed by atoms with van der Waals surface area (Å²) in [7, 11) is 1.88. The molecule has 1 N–H and O–H groups in total. The molecule has 0 aliphatic rings. The summed E-state index contributed by atoms with van der Waals surface area (Å²) < 4.78 is 0.911. The monoisotopic (exact) mass is 365 g/mol. The molecule has 0 saturated carbocycles. The zero-order chi connectivity index (χ0) is 15.2. The highest BCUT2D eigenvalue weighted by Gasteiger charge is 2.13. The van der Waals surface area contributed by atoms with E-state index in [0.717, 1.165) is 39.5 Å². The average Bonchev–Trinajstić information content (AvgIpc) is 2.54. The minimum Gasteiger partial charge on any atom is -0.372 e. The highest BCUT2D eigenvalue weighted by atomic mass is 79.9. The van der Waals surface area contributed by atoms with E-state index in [1.54, 1.807) is 0 Å². The number of nitrogens with zero attached hydrogens (tertiary/aromatic N) is 2. The van der Waals surface area contributed by atoms with Gasteiger partial charge in [0.2, 0.25) is 0 Å². The third kappa shape index (κ3) is 4.20. The van der Waals surface area contributed by atoms with Gasteiger partial charge in [0.25, 0.3) is 0 Å². The molecule has 0 radical (unpaired) electrons. The van der Waals surface area contributed by atoms with Gasteiger partial charge in [0, 0.05) is 17.9 Å². The van der Waals surface area contributed by atoms with Crippen LogP contribution < -0.4 is 5.32 Å². The second kappa shape index (κ2) is 7.80. The van der Waals surface area contributed by atoms with Gasteiger partial charge in [0.15, 0.2) is 0 Å². The SMILES string of the molecule is CCC(C)SCc1nc(NC)c(Br)c(-c2ccccc2)n1. The Balaban J connectivity index is 2.35. The van der Waals surface area contributed by atoms with Crippen LogP contribution in [0.15, 0.2) is 34.8 Å². The fourth-order valence-corrected chi connectivity index (χ4v) is 3.25. The molecule has 0 spiro atoms. The molecule has 3 nitrogen and oxygen atoms in total. The van der Waals surface area contributed by atoms with Crippen LogP contribution in [-0.4, -0.2) is 22.3 Å². The molecular weight excluding hydrogens is 346 g/mol. The molecule has 1 aromatic heterocycles. The minimum absolute atomic E-state index is 0.621. The second-order valence-corrected chi connectivity index (χ2v) is 7.02. The topological polar surface area (TPSA) is 37.8 Å². The molecule has 112 valence electrons. The highest BCUT2D eigenvalue weighted by Crippen LogP contribution is 2.32. The molecule has 1 aromatic carbocycles. The number of aromatic nitrogens is 2. The number of anilines is 1. The molecule has 0 amide bonds. The molecule has 0 aliphatic heterocycles. The average molecular weight is 366 g/mol. The molecule has 2 aromatic rings. The van der Waals surface area contributed by atoms with Gasteiger partial charge < -0.3 is 5.32 Å². The fourth-order valence-electron chi connectivity index (χ4n) is 1.85. The normalized spacial score (nSPS) is 12.2. The van der Waals surface area contributed by atoms with Gasteiger partial charge in [-0.3, -0.25) is 0 Å². The summed E-state index contributed by atoms with van der Waals surface area (Å²) in [4.78, 5) is 9.33. The number of thioether (sulfide) groups is 1. The van der Waals surface area contributed by atoms with E-state index in [2.05, 4.69) is 52.2 Å². The summed E-state index contributed by atoms with van der Waals surface area (Å²) >= 11 is 5.50. The van der Waals surface area contributed by atoms with E-state index in [1.165, 1.54) is 0 Å². The van der Waals surface area contributed by atoms with Crippen LogP contribution in [0.1, 0.15) is 26.1 Å². The van der Waals surface area contributed by atoms with Crippen molar-refractivity contribution in [3.63, 3.8) is 0 Å². The maximum absolute atomic E-state index is 4.74. The van der Waals surface area contributed by atoms with E-state index in [-0.39, 0.29) is 0 Å². The van der Waals surface area contributed by atoms with Gasteiger partial charge >= 0.3 is 0 Å². The maximum Gasteiger partial charge on any atom is 0.144 e. The van der Waals surface area contributed by atoms with Crippen molar-refractivity contribution < 1.29 is 0 Å². The summed E-state index contributed by atoms with van der Waals surface area (Å²) in [5.74, 6) is 2.53. The van der Waals surface area contributed by atoms with E-state index in [9.17, 15) is 0 Å². The zero-order valence-electron chi connectivity index (χ0n) is 12.6. The summed E-state index contributed by atoms with van der Waals surface area (Å²) in [5.41, 5.74) is 2.03. The van der Waals surface area contributed by atoms with Crippen LogP contribution in [0.25, 0.3) is 11.3 Å². The fraction of sp³-hybridized carbons (Fsp3) is 0.375. The van der Waals surface area contributed by atoms with E-state index < -0.39 is 0 Å². The van der Waals surface area contributed by atoms with E-state index >= 15 is 0 Å². The Bertz CT molecular complexity index is 590. The quantitative estimate of drug-likeness (QED) is 0.783. The Hall–Kier alpha value is -1.07. The smallest absolute Gasteiger partial charge is 0.144 e. The van der Waals surface area contributed by atoms with Gasteiger partial charge in [0.1, 0.15) is 11.6 Å². The van der Waals surface area contributed by atoms with Crippen molar-refractivity contribution >= 4 is 33.5 Å². The van der Waals surface area contributed by atoms with Gasteiger partial charge in [0.05, 0.1) is 15.9 Å². The lowest BCUT2D eigenvalue weighted by atomic mass is 10.1. The van der Waals surface area contributed by atoms with Crippen LogP contribution in [0.4, 0.5) is 5.82 Å². The second-order valence-electron chi connectivity index (χ2n) is 4.80. The molecule has 0 aliphatic carbocycles. The first-order valence-electron chi connectivity index (χ1n) is 7.06. The first kappa shape index (κ1) is 16.3. The lowest BCUT2D eigenvalue weighted by Crippen LogP contribution is -2.04. The van der Waals surface area contributed by atoms with E-state index in [0.29, 0.717) is 5.25 Å². The first-order chi connectivity index (χ1) is 10.2. The molecule has 5 heteroatoms. The molecule has 21 heavy (non-hydrogen) atoms. The van der Waals surface area contributed by atoms with Gasteiger partial charge in [-0.25, -0.2) is 9.97 Å². The number of halogens is 1. The van der Waals surface area contributed by atoms with Crippen molar-refractivity contribution in [3.8, 4) is 11.3 Å². The van der Waals surface area contributed by atoms with Crippen LogP contribution in [0.5, 0.6) is 0 Å². The molecule has 1 unspecified atom stereocenters. The number of nitrogens with one attached hydrogen (secondary N) is 1. The molecule has 1 heterocycles. The van der Waals surface area contributed by atoms with Gasteiger partial charge in [-0.2, -0.15) is 11.8 Å².